The van der Waals surface area contributed by atoms with Crippen molar-refractivity contribution in [2.24, 2.45) is 0 Å². The van der Waals surface area contributed by atoms with Gasteiger partial charge in [0, 0.05) is 35.2 Å². The molecule has 3 aromatic rings. The molecule has 0 saturated heterocycles. The lowest BCUT2D eigenvalue weighted by Crippen LogP contribution is -2.28. The number of carboxylic acids is 1. The number of hydrogen-bond acceptors (Lipinski definition) is 5. The number of carbonyl (C=O) groups excluding carboxylic acids is 1. The highest BCUT2D eigenvalue weighted by molar-refractivity contribution is 14.2. The molecule has 170 valence electrons. The molecular formula is C22H18ClFIN4O3P. The first-order chi connectivity index (χ1) is 15.9. The van der Waals surface area contributed by atoms with Gasteiger partial charge in [0.15, 0.2) is 0 Å². The van der Waals surface area contributed by atoms with E-state index in [0.29, 0.717) is 40.4 Å². The van der Waals surface area contributed by atoms with Crippen LogP contribution in [0.5, 0.6) is 0 Å². The standard InChI is InChI=1S/C22H18ClFIN4O3P/c23-11-21(30)29(17-7-3-15(24)4-8-17)20-9-14(12-26)18(28-33-25)10-19(20)27-16-5-1-13(2-6-16)22(31)32/h1-10,12,26-28,33H,11H2,(H,31,32). The molecule has 3 aromatic carbocycles. The lowest BCUT2D eigenvalue weighted by atomic mass is 10.1. The number of hydrogen-bond donors (Lipinski definition) is 4. The van der Waals surface area contributed by atoms with Crippen molar-refractivity contribution in [3.8, 4) is 0 Å². The summed E-state index contributed by atoms with van der Waals surface area (Å²) in [5.41, 5.74) is 3.24. The lowest BCUT2D eigenvalue weighted by molar-refractivity contribution is -0.115. The number of carbonyl (C=O) groups is 2. The van der Waals surface area contributed by atoms with Crippen molar-refractivity contribution in [1.82, 2.24) is 0 Å². The Morgan fingerprint density at radius 3 is 2.33 bits per heavy atom. The fraction of sp³-hybridized carbons (Fsp3) is 0.0455. The van der Waals surface area contributed by atoms with Gasteiger partial charge >= 0.3 is 5.97 Å². The fourth-order valence-corrected chi connectivity index (χ4v) is 4.40. The van der Waals surface area contributed by atoms with Gasteiger partial charge < -0.3 is 20.9 Å². The van der Waals surface area contributed by atoms with E-state index in [1.165, 1.54) is 47.5 Å². The molecule has 0 bridgehead atoms. The summed E-state index contributed by atoms with van der Waals surface area (Å²) in [5, 5.41) is 23.4. The summed E-state index contributed by atoms with van der Waals surface area (Å²) in [4.78, 5) is 25.4. The van der Waals surface area contributed by atoms with Gasteiger partial charge in [-0.25, -0.2) is 9.18 Å². The highest BCUT2D eigenvalue weighted by Gasteiger charge is 2.22. The average Bonchev–Trinajstić information content (AvgIpc) is 2.82. The largest absolute Gasteiger partial charge is 0.478 e. The molecule has 4 N–H and O–H groups in total. The van der Waals surface area contributed by atoms with E-state index in [0.717, 1.165) is 0 Å². The number of nitrogens with one attached hydrogen (secondary N) is 3. The predicted octanol–water partition coefficient (Wildman–Crippen LogP) is 6.52. The molecule has 0 saturated carbocycles. The minimum atomic E-state index is -1.04. The Morgan fingerprint density at radius 2 is 1.79 bits per heavy atom. The van der Waals surface area contributed by atoms with E-state index in [4.69, 9.17) is 22.1 Å². The molecule has 0 aliphatic heterocycles. The van der Waals surface area contributed by atoms with E-state index in [1.807, 2.05) is 0 Å². The van der Waals surface area contributed by atoms with E-state index in [2.05, 4.69) is 32.4 Å². The number of halogens is 3. The zero-order valence-electron chi connectivity index (χ0n) is 16.9. The number of aromatic carboxylic acids is 1. The van der Waals surface area contributed by atoms with Crippen LogP contribution in [-0.2, 0) is 4.79 Å². The van der Waals surface area contributed by atoms with Crippen molar-refractivity contribution >= 4 is 86.5 Å². The van der Waals surface area contributed by atoms with Gasteiger partial charge in [-0.2, -0.15) is 0 Å². The second-order valence-corrected chi connectivity index (χ2v) is 8.99. The van der Waals surface area contributed by atoms with Gasteiger partial charge in [0.25, 0.3) is 0 Å². The van der Waals surface area contributed by atoms with Crippen molar-refractivity contribution < 1.29 is 19.1 Å². The summed E-state index contributed by atoms with van der Waals surface area (Å²) in [7, 11) is 0. The quantitative estimate of drug-likeness (QED) is 0.0971. The van der Waals surface area contributed by atoms with Crippen molar-refractivity contribution in [2.45, 2.75) is 0 Å². The SMILES string of the molecule is N=Cc1cc(N(C(=O)CCl)c2ccc(F)cc2)c(Nc2ccc(C(=O)O)cc2)cc1NPI. The summed E-state index contributed by atoms with van der Waals surface area (Å²) in [5.74, 6) is -2.25. The summed E-state index contributed by atoms with van der Waals surface area (Å²) >= 11 is 8.06. The minimum absolute atomic E-state index is 0.138. The summed E-state index contributed by atoms with van der Waals surface area (Å²) in [6, 6.07) is 15.0. The van der Waals surface area contributed by atoms with Crippen LogP contribution in [-0.4, -0.2) is 29.1 Å². The molecule has 1 unspecified atom stereocenters. The molecule has 7 nitrogen and oxygen atoms in total. The maximum atomic E-state index is 13.5. The van der Waals surface area contributed by atoms with Crippen LogP contribution < -0.4 is 15.3 Å². The van der Waals surface area contributed by atoms with Gasteiger partial charge in [-0.3, -0.25) is 9.69 Å². The van der Waals surface area contributed by atoms with Crippen molar-refractivity contribution in [3.05, 3.63) is 77.6 Å². The number of rotatable bonds is 9. The smallest absolute Gasteiger partial charge is 0.335 e. The van der Waals surface area contributed by atoms with Crippen LogP contribution >= 0.6 is 40.0 Å². The number of anilines is 5. The second kappa shape index (κ2) is 11.4. The Labute approximate surface area is 209 Å². The van der Waals surface area contributed by atoms with Crippen LogP contribution in [0, 0.1) is 11.2 Å². The highest BCUT2D eigenvalue weighted by Crippen LogP contribution is 2.39. The molecule has 0 fully saturated rings. The third-order valence-electron chi connectivity index (χ3n) is 4.61. The lowest BCUT2D eigenvalue weighted by Gasteiger charge is -2.27. The maximum Gasteiger partial charge on any atom is 0.335 e. The fourth-order valence-electron chi connectivity index (χ4n) is 3.09. The highest BCUT2D eigenvalue weighted by atomic mass is 127. The van der Waals surface area contributed by atoms with Gasteiger partial charge in [0.05, 0.1) is 16.9 Å². The Hall–Kier alpha value is -2.75. The van der Waals surface area contributed by atoms with Gasteiger partial charge in [-0.15, -0.1) is 11.6 Å². The number of nitrogens with zero attached hydrogens (tertiary/aromatic N) is 1. The van der Waals surface area contributed by atoms with Crippen LogP contribution in [0.25, 0.3) is 0 Å². The molecule has 0 radical (unpaired) electrons. The van der Waals surface area contributed by atoms with E-state index in [9.17, 15) is 14.0 Å². The molecule has 0 aromatic heterocycles. The summed E-state index contributed by atoms with van der Waals surface area (Å²) < 4.78 is 13.5. The topological polar surface area (TPSA) is 106 Å². The monoisotopic (exact) mass is 598 g/mol. The van der Waals surface area contributed by atoms with E-state index >= 15 is 0 Å². The molecule has 0 aliphatic rings. The molecule has 1 atom stereocenters. The molecule has 3 rings (SSSR count). The van der Waals surface area contributed by atoms with E-state index < -0.39 is 17.7 Å². The predicted molar refractivity (Wildman–Crippen MR) is 141 cm³/mol. The molecule has 33 heavy (non-hydrogen) atoms. The van der Waals surface area contributed by atoms with Crippen LogP contribution in [0.15, 0.2) is 60.7 Å². The number of carboxylic acid groups (broad SMARTS) is 1. The Morgan fingerprint density at radius 1 is 1.12 bits per heavy atom. The van der Waals surface area contributed by atoms with Crippen LogP contribution in [0.2, 0.25) is 0 Å². The third kappa shape index (κ3) is 5.98. The first kappa shape index (κ1) is 24.9. The Bertz CT molecular complexity index is 1180. The first-order valence-electron chi connectivity index (χ1n) is 9.43. The molecule has 0 aliphatic carbocycles. The number of alkyl halides is 1. The zero-order chi connectivity index (χ0) is 24.0. The third-order valence-corrected chi connectivity index (χ3v) is 6.01. The van der Waals surface area contributed by atoms with Crippen LogP contribution in [0.1, 0.15) is 15.9 Å². The summed E-state index contributed by atoms with van der Waals surface area (Å²) in [6.07, 6.45) is 1.50. The first-order valence-corrected chi connectivity index (χ1v) is 14.1. The number of benzene rings is 3. The van der Waals surface area contributed by atoms with Gasteiger partial charge in [-0.05, 0) is 82.7 Å². The van der Waals surface area contributed by atoms with Gasteiger partial charge in [0.2, 0.25) is 5.91 Å². The Kier molecular flexibility index (Phi) is 8.60. The molecule has 0 spiro atoms. The average molecular weight is 599 g/mol. The number of amides is 1. The van der Waals surface area contributed by atoms with E-state index in [1.54, 1.807) is 24.3 Å². The van der Waals surface area contributed by atoms with Crippen molar-refractivity contribution in [3.63, 3.8) is 0 Å². The van der Waals surface area contributed by atoms with E-state index in [-0.39, 0.29) is 11.4 Å². The summed E-state index contributed by atoms with van der Waals surface area (Å²) in [6.45, 7) is 0. The molecule has 0 heterocycles. The Balaban J connectivity index is 2.17. The van der Waals surface area contributed by atoms with Crippen LogP contribution in [0.3, 0.4) is 0 Å². The minimum Gasteiger partial charge on any atom is -0.478 e. The molecule has 11 heteroatoms. The zero-order valence-corrected chi connectivity index (χ0v) is 20.8. The van der Waals surface area contributed by atoms with Crippen LogP contribution in [0.4, 0.5) is 32.8 Å². The van der Waals surface area contributed by atoms with Crippen molar-refractivity contribution in [1.29, 1.82) is 5.41 Å². The normalized spacial score (nSPS) is 10.8. The van der Waals surface area contributed by atoms with Crippen molar-refractivity contribution in [2.75, 3.05) is 21.2 Å². The molecule has 1 amide bonds. The van der Waals surface area contributed by atoms with Gasteiger partial charge in [0.1, 0.15) is 11.7 Å². The van der Waals surface area contributed by atoms with Gasteiger partial charge in [-0.1, -0.05) is 0 Å². The maximum absolute atomic E-state index is 13.5. The second-order valence-electron chi connectivity index (χ2n) is 6.67. The molecular weight excluding hydrogens is 581 g/mol.